The van der Waals surface area contributed by atoms with E-state index in [1.165, 1.54) is 0 Å². The van der Waals surface area contributed by atoms with Gasteiger partial charge >= 0.3 is 0 Å². The summed E-state index contributed by atoms with van der Waals surface area (Å²) in [7, 11) is 0. The van der Waals surface area contributed by atoms with Crippen molar-refractivity contribution >= 4 is 11.1 Å². The molecule has 114 valence electrons. The van der Waals surface area contributed by atoms with Crippen LogP contribution < -0.4 is 5.32 Å². The summed E-state index contributed by atoms with van der Waals surface area (Å²) in [6.07, 6.45) is 4.79. The third-order valence-corrected chi connectivity index (χ3v) is 4.10. The van der Waals surface area contributed by atoms with Crippen LogP contribution in [-0.2, 0) is 11.2 Å². The largest absolute Gasteiger partial charge is 0.441 e. The summed E-state index contributed by atoms with van der Waals surface area (Å²) in [4.78, 5) is 4.59. The molecule has 21 heavy (non-hydrogen) atoms. The van der Waals surface area contributed by atoms with Crippen LogP contribution in [0.3, 0.4) is 0 Å². The molecule has 4 heteroatoms. The number of nitrogens with one attached hydrogen (secondary N) is 1. The quantitative estimate of drug-likeness (QED) is 0.886. The monoisotopic (exact) mass is 288 g/mol. The third-order valence-electron chi connectivity index (χ3n) is 4.10. The van der Waals surface area contributed by atoms with Gasteiger partial charge in [0.05, 0.1) is 12.2 Å². The molecule has 0 bridgehead atoms. The number of aromatic nitrogens is 1. The van der Waals surface area contributed by atoms with Crippen LogP contribution in [0.25, 0.3) is 11.1 Å². The molecule has 1 N–H and O–H groups in total. The molecule has 1 aromatic heterocycles. The zero-order chi connectivity index (χ0) is 14.7. The van der Waals surface area contributed by atoms with E-state index in [-0.39, 0.29) is 12.1 Å². The van der Waals surface area contributed by atoms with E-state index in [4.69, 9.17) is 9.15 Å². The van der Waals surface area contributed by atoms with Crippen LogP contribution in [0.15, 0.2) is 28.7 Å². The minimum absolute atomic E-state index is 0.265. The summed E-state index contributed by atoms with van der Waals surface area (Å²) < 4.78 is 11.9. The highest BCUT2D eigenvalue weighted by Gasteiger charge is 2.30. The molecule has 4 nitrogen and oxygen atoms in total. The van der Waals surface area contributed by atoms with E-state index in [2.05, 4.69) is 24.1 Å². The molecule has 1 aliphatic heterocycles. The highest BCUT2D eigenvalue weighted by Crippen LogP contribution is 2.24. The number of para-hydroxylation sites is 2. The second-order valence-electron chi connectivity index (χ2n) is 5.90. The Labute approximate surface area is 125 Å². The number of fused-ring (bicyclic) bond motifs is 1. The first-order valence-electron chi connectivity index (χ1n) is 7.99. The molecule has 2 heterocycles. The second-order valence-corrected chi connectivity index (χ2v) is 5.90. The minimum Gasteiger partial charge on any atom is -0.441 e. The van der Waals surface area contributed by atoms with Crippen molar-refractivity contribution in [2.24, 2.45) is 0 Å². The van der Waals surface area contributed by atoms with E-state index in [0.29, 0.717) is 6.10 Å². The highest BCUT2D eigenvalue weighted by atomic mass is 16.5. The van der Waals surface area contributed by atoms with Crippen LogP contribution in [0, 0.1) is 0 Å². The van der Waals surface area contributed by atoms with Crippen molar-refractivity contribution in [3.63, 3.8) is 0 Å². The summed E-state index contributed by atoms with van der Waals surface area (Å²) in [5.74, 6) is 0.799. The molecule has 3 rings (SSSR count). The van der Waals surface area contributed by atoms with Crippen LogP contribution in [0.5, 0.6) is 0 Å². The highest BCUT2D eigenvalue weighted by molar-refractivity contribution is 5.72. The lowest BCUT2D eigenvalue weighted by Crippen LogP contribution is -2.42. The number of hydrogen-bond acceptors (Lipinski definition) is 4. The topological polar surface area (TPSA) is 47.3 Å². The Kier molecular flexibility index (Phi) is 4.56. The predicted octanol–water partition coefficient (Wildman–Crippen LogP) is 3.31. The Morgan fingerprint density at radius 1 is 1.33 bits per heavy atom. The molecule has 1 fully saturated rings. The van der Waals surface area contributed by atoms with Crippen molar-refractivity contribution in [2.75, 3.05) is 6.54 Å². The smallest absolute Gasteiger partial charge is 0.197 e. The summed E-state index contributed by atoms with van der Waals surface area (Å²) in [5.41, 5.74) is 1.80. The maximum absolute atomic E-state index is 6.03. The van der Waals surface area contributed by atoms with Gasteiger partial charge in [0.1, 0.15) is 5.52 Å². The number of rotatable bonds is 6. The fraction of sp³-hybridized carbons (Fsp3) is 0.588. The molecule has 0 saturated carbocycles. The SMILES string of the molecule is CCCNC(Cc1nc2ccccc2o1)C1CCC(C)O1. The van der Waals surface area contributed by atoms with Gasteiger partial charge < -0.3 is 14.5 Å². The summed E-state index contributed by atoms with van der Waals surface area (Å²) in [6, 6.07) is 8.21. The zero-order valence-corrected chi connectivity index (χ0v) is 12.8. The Bertz CT molecular complexity index is 548. The second kappa shape index (κ2) is 6.58. The van der Waals surface area contributed by atoms with Gasteiger partial charge in [-0.1, -0.05) is 19.1 Å². The van der Waals surface area contributed by atoms with Gasteiger partial charge in [-0.25, -0.2) is 4.98 Å². The number of nitrogens with zero attached hydrogens (tertiary/aromatic N) is 1. The van der Waals surface area contributed by atoms with Gasteiger partial charge in [-0.05, 0) is 44.9 Å². The van der Waals surface area contributed by atoms with Crippen molar-refractivity contribution in [1.82, 2.24) is 10.3 Å². The Morgan fingerprint density at radius 2 is 2.19 bits per heavy atom. The molecule has 3 atom stereocenters. The molecule has 0 radical (unpaired) electrons. The maximum atomic E-state index is 6.03. The van der Waals surface area contributed by atoms with Gasteiger partial charge in [0.2, 0.25) is 0 Å². The van der Waals surface area contributed by atoms with Crippen LogP contribution in [0.4, 0.5) is 0 Å². The summed E-state index contributed by atoms with van der Waals surface area (Å²) in [6.45, 7) is 5.33. The molecule has 1 aliphatic rings. The van der Waals surface area contributed by atoms with Gasteiger partial charge in [-0.2, -0.15) is 0 Å². The number of benzene rings is 1. The molecule has 3 unspecified atom stereocenters. The van der Waals surface area contributed by atoms with Gasteiger partial charge in [0.15, 0.2) is 11.5 Å². The average molecular weight is 288 g/mol. The van der Waals surface area contributed by atoms with E-state index in [9.17, 15) is 0 Å². The number of ether oxygens (including phenoxy) is 1. The van der Waals surface area contributed by atoms with Crippen molar-refractivity contribution < 1.29 is 9.15 Å². The lowest BCUT2D eigenvalue weighted by atomic mass is 10.0. The Morgan fingerprint density at radius 3 is 2.90 bits per heavy atom. The lowest BCUT2D eigenvalue weighted by molar-refractivity contribution is 0.0308. The Hall–Kier alpha value is -1.39. The van der Waals surface area contributed by atoms with Crippen molar-refractivity contribution in [3.05, 3.63) is 30.2 Å². The fourth-order valence-electron chi connectivity index (χ4n) is 2.99. The third kappa shape index (κ3) is 3.44. The van der Waals surface area contributed by atoms with Crippen LogP contribution in [0.2, 0.25) is 0 Å². The zero-order valence-electron chi connectivity index (χ0n) is 12.8. The maximum Gasteiger partial charge on any atom is 0.197 e. The van der Waals surface area contributed by atoms with Crippen molar-refractivity contribution in [1.29, 1.82) is 0 Å². The standard InChI is InChI=1S/C17H24N2O2/c1-3-10-18-14(16-9-8-12(2)20-16)11-17-19-13-6-4-5-7-15(13)21-17/h4-7,12,14,16,18H,3,8-11H2,1-2H3. The normalized spacial score (nSPS) is 23.7. The van der Waals surface area contributed by atoms with E-state index in [0.717, 1.165) is 49.2 Å². The first kappa shape index (κ1) is 14.5. The van der Waals surface area contributed by atoms with E-state index in [1.54, 1.807) is 0 Å². The van der Waals surface area contributed by atoms with Gasteiger partial charge in [-0.15, -0.1) is 0 Å². The fourth-order valence-corrected chi connectivity index (χ4v) is 2.99. The molecule has 0 aliphatic carbocycles. The van der Waals surface area contributed by atoms with E-state index < -0.39 is 0 Å². The van der Waals surface area contributed by atoms with Crippen LogP contribution >= 0.6 is 0 Å². The van der Waals surface area contributed by atoms with Gasteiger partial charge in [-0.3, -0.25) is 0 Å². The lowest BCUT2D eigenvalue weighted by Gasteiger charge is -2.23. The molecule has 1 aromatic carbocycles. The summed E-state index contributed by atoms with van der Waals surface area (Å²) in [5, 5.41) is 3.60. The van der Waals surface area contributed by atoms with E-state index >= 15 is 0 Å². The van der Waals surface area contributed by atoms with Crippen molar-refractivity contribution in [2.45, 2.75) is 57.8 Å². The number of hydrogen-bond donors (Lipinski definition) is 1. The Balaban J connectivity index is 1.73. The van der Waals surface area contributed by atoms with Crippen molar-refractivity contribution in [3.8, 4) is 0 Å². The molecule has 1 saturated heterocycles. The molecule has 2 aromatic rings. The predicted molar refractivity (Wildman–Crippen MR) is 83.4 cm³/mol. The molecular formula is C17H24N2O2. The van der Waals surface area contributed by atoms with Gasteiger partial charge in [0.25, 0.3) is 0 Å². The number of oxazole rings is 1. The van der Waals surface area contributed by atoms with Crippen LogP contribution in [0.1, 0.15) is 39.0 Å². The van der Waals surface area contributed by atoms with E-state index in [1.807, 2.05) is 24.3 Å². The average Bonchev–Trinajstić information content (AvgIpc) is 3.08. The summed E-state index contributed by atoms with van der Waals surface area (Å²) >= 11 is 0. The molecule has 0 spiro atoms. The minimum atomic E-state index is 0.265. The first-order chi connectivity index (χ1) is 10.3. The van der Waals surface area contributed by atoms with Gasteiger partial charge in [0, 0.05) is 12.5 Å². The molecular weight excluding hydrogens is 264 g/mol. The molecule has 0 amide bonds. The van der Waals surface area contributed by atoms with Crippen LogP contribution in [-0.4, -0.2) is 29.8 Å². The first-order valence-corrected chi connectivity index (χ1v) is 7.99.